The first kappa shape index (κ1) is 14.5. The van der Waals surface area contributed by atoms with E-state index in [-0.39, 0.29) is 0 Å². The van der Waals surface area contributed by atoms with Crippen molar-refractivity contribution >= 4 is 0 Å². The monoisotopic (exact) mass is 236 g/mol. The zero-order valence-electron chi connectivity index (χ0n) is 11.8. The Balaban J connectivity index is 2.43. The molecule has 0 amide bonds. The molecule has 1 saturated carbocycles. The molecule has 1 aliphatic carbocycles. The molecule has 0 saturated heterocycles. The summed E-state index contributed by atoms with van der Waals surface area (Å²) >= 11 is 0. The van der Waals surface area contributed by atoms with Crippen LogP contribution in [-0.4, -0.2) is 24.0 Å². The van der Waals surface area contributed by atoms with E-state index in [4.69, 9.17) is 5.26 Å². The summed E-state index contributed by atoms with van der Waals surface area (Å²) in [6.45, 7) is 8.99. The number of nitriles is 1. The van der Waals surface area contributed by atoms with E-state index in [9.17, 15) is 0 Å². The van der Waals surface area contributed by atoms with E-state index in [0.29, 0.717) is 12.3 Å². The van der Waals surface area contributed by atoms with Crippen molar-refractivity contribution in [3.63, 3.8) is 0 Å². The largest absolute Gasteiger partial charge is 0.299 e. The highest BCUT2D eigenvalue weighted by Crippen LogP contribution is 2.29. The van der Waals surface area contributed by atoms with Gasteiger partial charge in [-0.2, -0.15) is 5.26 Å². The number of rotatable bonds is 6. The van der Waals surface area contributed by atoms with Crippen molar-refractivity contribution < 1.29 is 0 Å². The van der Waals surface area contributed by atoms with Crippen molar-refractivity contribution in [2.24, 2.45) is 11.8 Å². The van der Waals surface area contributed by atoms with Gasteiger partial charge in [-0.05, 0) is 37.5 Å². The van der Waals surface area contributed by atoms with Crippen LogP contribution in [0.5, 0.6) is 0 Å². The molecule has 17 heavy (non-hydrogen) atoms. The highest BCUT2D eigenvalue weighted by atomic mass is 15.2. The first-order valence-electron chi connectivity index (χ1n) is 7.28. The lowest BCUT2D eigenvalue weighted by molar-refractivity contribution is 0.124. The van der Waals surface area contributed by atoms with Gasteiger partial charge in [0.15, 0.2) is 0 Å². The van der Waals surface area contributed by atoms with E-state index in [1.807, 2.05) is 0 Å². The van der Waals surface area contributed by atoms with Crippen LogP contribution in [0.25, 0.3) is 0 Å². The molecule has 0 atom stereocenters. The standard InChI is InChI=1S/C15H28N2/c1-4-14-6-8-15(9-7-14)17(11-5-10-16)12-13(2)3/h13-15H,4-9,11-12H2,1-3H3. The molecule has 1 rings (SSSR count). The average Bonchev–Trinajstić information content (AvgIpc) is 2.34. The maximum absolute atomic E-state index is 8.75. The topological polar surface area (TPSA) is 27.0 Å². The lowest BCUT2D eigenvalue weighted by Gasteiger charge is -2.37. The Kier molecular flexibility index (Phi) is 6.58. The average molecular weight is 236 g/mol. The Morgan fingerprint density at radius 2 is 1.88 bits per heavy atom. The zero-order chi connectivity index (χ0) is 12.7. The second kappa shape index (κ2) is 7.71. The lowest BCUT2D eigenvalue weighted by Crippen LogP contribution is -2.40. The van der Waals surface area contributed by atoms with Gasteiger partial charge in [0.25, 0.3) is 0 Å². The van der Waals surface area contributed by atoms with Crippen molar-refractivity contribution in [1.82, 2.24) is 4.90 Å². The summed E-state index contributed by atoms with van der Waals surface area (Å²) in [5.41, 5.74) is 0. The molecule has 1 fully saturated rings. The van der Waals surface area contributed by atoms with E-state index >= 15 is 0 Å². The molecule has 0 bridgehead atoms. The van der Waals surface area contributed by atoms with Gasteiger partial charge in [-0.3, -0.25) is 4.90 Å². The molecule has 98 valence electrons. The Bertz CT molecular complexity index is 234. The Morgan fingerprint density at radius 3 is 2.35 bits per heavy atom. The second-order valence-corrected chi connectivity index (χ2v) is 5.88. The molecular weight excluding hydrogens is 208 g/mol. The third kappa shape index (κ3) is 5.08. The summed E-state index contributed by atoms with van der Waals surface area (Å²) in [6, 6.07) is 3.03. The number of hydrogen-bond acceptors (Lipinski definition) is 2. The highest BCUT2D eigenvalue weighted by Gasteiger charge is 2.25. The molecule has 2 heteroatoms. The molecule has 0 unspecified atom stereocenters. The van der Waals surface area contributed by atoms with Gasteiger partial charge in [-0.15, -0.1) is 0 Å². The van der Waals surface area contributed by atoms with E-state index in [2.05, 4.69) is 31.7 Å². The first-order chi connectivity index (χ1) is 8.17. The molecule has 0 aliphatic heterocycles. The summed E-state index contributed by atoms with van der Waals surface area (Å²) in [5, 5.41) is 8.75. The van der Waals surface area contributed by atoms with Crippen molar-refractivity contribution in [1.29, 1.82) is 5.26 Å². The van der Waals surface area contributed by atoms with Crippen LogP contribution in [0.15, 0.2) is 0 Å². The maximum atomic E-state index is 8.75. The smallest absolute Gasteiger partial charge is 0.0635 e. The minimum absolute atomic E-state index is 0.681. The van der Waals surface area contributed by atoms with E-state index in [1.54, 1.807) is 0 Å². The molecule has 0 aromatic carbocycles. The quantitative estimate of drug-likeness (QED) is 0.701. The predicted molar refractivity (Wildman–Crippen MR) is 72.7 cm³/mol. The van der Waals surface area contributed by atoms with Gasteiger partial charge >= 0.3 is 0 Å². The third-order valence-electron chi connectivity index (χ3n) is 4.02. The fourth-order valence-corrected chi connectivity index (χ4v) is 3.00. The highest BCUT2D eigenvalue weighted by molar-refractivity contribution is 4.82. The van der Waals surface area contributed by atoms with Crippen LogP contribution < -0.4 is 0 Å². The van der Waals surface area contributed by atoms with Gasteiger partial charge in [0.2, 0.25) is 0 Å². The van der Waals surface area contributed by atoms with Gasteiger partial charge in [0.1, 0.15) is 0 Å². The van der Waals surface area contributed by atoms with E-state index in [1.165, 1.54) is 32.1 Å². The number of nitrogens with zero attached hydrogens (tertiary/aromatic N) is 2. The first-order valence-corrected chi connectivity index (χ1v) is 7.28. The van der Waals surface area contributed by atoms with Crippen LogP contribution in [0.4, 0.5) is 0 Å². The van der Waals surface area contributed by atoms with Crippen LogP contribution in [0.2, 0.25) is 0 Å². The van der Waals surface area contributed by atoms with Crippen molar-refractivity contribution in [3.05, 3.63) is 0 Å². The molecule has 0 heterocycles. The minimum atomic E-state index is 0.681. The van der Waals surface area contributed by atoms with E-state index in [0.717, 1.165) is 25.0 Å². The normalized spacial score (nSPS) is 25.2. The molecule has 0 spiro atoms. The van der Waals surface area contributed by atoms with Crippen molar-refractivity contribution in [2.75, 3.05) is 13.1 Å². The van der Waals surface area contributed by atoms with E-state index < -0.39 is 0 Å². The predicted octanol–water partition coefficient (Wildman–Crippen LogP) is 3.83. The maximum Gasteiger partial charge on any atom is 0.0635 e. The Hall–Kier alpha value is -0.550. The van der Waals surface area contributed by atoms with Gasteiger partial charge in [-0.25, -0.2) is 0 Å². The molecule has 0 aromatic heterocycles. The molecule has 0 radical (unpaired) electrons. The summed E-state index contributed by atoms with van der Waals surface area (Å²) in [5.74, 6) is 1.67. The minimum Gasteiger partial charge on any atom is -0.299 e. The summed E-state index contributed by atoms with van der Waals surface area (Å²) in [4.78, 5) is 2.57. The summed E-state index contributed by atoms with van der Waals surface area (Å²) in [7, 11) is 0. The molecule has 2 nitrogen and oxygen atoms in total. The Labute approximate surface area is 107 Å². The van der Waals surface area contributed by atoms with Crippen LogP contribution in [0.1, 0.15) is 59.3 Å². The van der Waals surface area contributed by atoms with Crippen LogP contribution in [0.3, 0.4) is 0 Å². The second-order valence-electron chi connectivity index (χ2n) is 5.88. The van der Waals surface area contributed by atoms with Crippen molar-refractivity contribution in [3.8, 4) is 6.07 Å². The zero-order valence-corrected chi connectivity index (χ0v) is 11.8. The molecule has 1 aliphatic rings. The van der Waals surface area contributed by atoms with Gasteiger partial charge < -0.3 is 0 Å². The summed E-state index contributed by atoms with van der Waals surface area (Å²) in [6.07, 6.45) is 7.49. The van der Waals surface area contributed by atoms with Gasteiger partial charge in [0.05, 0.1) is 6.07 Å². The molecular formula is C15H28N2. The third-order valence-corrected chi connectivity index (χ3v) is 4.02. The lowest BCUT2D eigenvalue weighted by atomic mass is 9.83. The SMILES string of the molecule is CCC1CCC(N(CCC#N)CC(C)C)CC1. The van der Waals surface area contributed by atoms with Crippen LogP contribution >= 0.6 is 0 Å². The van der Waals surface area contributed by atoms with Gasteiger partial charge in [0, 0.05) is 25.6 Å². The van der Waals surface area contributed by atoms with Crippen LogP contribution in [-0.2, 0) is 0 Å². The molecule has 0 aromatic rings. The van der Waals surface area contributed by atoms with Crippen LogP contribution in [0, 0.1) is 23.2 Å². The van der Waals surface area contributed by atoms with Crippen molar-refractivity contribution in [2.45, 2.75) is 65.3 Å². The molecule has 0 N–H and O–H groups in total. The van der Waals surface area contributed by atoms with Gasteiger partial charge in [-0.1, -0.05) is 27.2 Å². The summed E-state index contributed by atoms with van der Waals surface area (Å²) < 4.78 is 0. The Morgan fingerprint density at radius 1 is 1.24 bits per heavy atom. The fourth-order valence-electron chi connectivity index (χ4n) is 3.00. The fraction of sp³-hybridized carbons (Fsp3) is 0.933. The number of hydrogen-bond donors (Lipinski definition) is 0.